The van der Waals surface area contributed by atoms with Gasteiger partial charge in [0.15, 0.2) is 5.65 Å². The van der Waals surface area contributed by atoms with Gasteiger partial charge in [0.05, 0.1) is 12.1 Å². The third-order valence-corrected chi connectivity index (χ3v) is 7.40. The molecule has 0 amide bonds. The lowest BCUT2D eigenvalue weighted by Crippen LogP contribution is -2.21. The minimum Gasteiger partial charge on any atom is -0.496 e. The van der Waals surface area contributed by atoms with Gasteiger partial charge in [-0.05, 0) is 42.4 Å². The van der Waals surface area contributed by atoms with Crippen molar-refractivity contribution in [1.29, 1.82) is 5.26 Å². The highest BCUT2D eigenvalue weighted by Crippen LogP contribution is 2.35. The number of nitriles is 1. The molecule has 1 unspecified atom stereocenters. The molecule has 1 aromatic carbocycles. The number of methoxy groups -OCH3 is 1. The van der Waals surface area contributed by atoms with Crippen LogP contribution < -0.4 is 4.74 Å². The number of hydrogen-bond donors (Lipinski definition) is 1. The van der Waals surface area contributed by atoms with Gasteiger partial charge in [0.1, 0.15) is 35.0 Å². The highest BCUT2D eigenvalue weighted by molar-refractivity contribution is 6.30. The Morgan fingerprint density at radius 2 is 1.95 bits per heavy atom. The Morgan fingerprint density at radius 3 is 2.68 bits per heavy atom. The molecular weight excluding hydrogens is 488 g/mol. The van der Waals surface area contributed by atoms with Crippen molar-refractivity contribution >= 4 is 22.8 Å². The van der Waals surface area contributed by atoms with Crippen LogP contribution in [-0.4, -0.2) is 36.7 Å². The van der Waals surface area contributed by atoms with Gasteiger partial charge in [0, 0.05) is 30.9 Å². The standard InChI is InChI=1S/C28H29ClN6O2/c1-17-7-9-18(10-8-17)16-35-26-25(20-11-21(29)15-31-14-20)32-24(13-30)33-27(26)34-28(35)22(36)12-19-5-3-4-6-23(19)37-2/h3-6,11,14-15,17-18,22,36H,7-10,12,16H2,1-2H3. The second-order valence-electron chi connectivity index (χ2n) is 9.81. The topological polar surface area (TPSA) is 110 Å². The first-order valence-electron chi connectivity index (χ1n) is 12.6. The molecule has 1 saturated carbocycles. The average molecular weight is 517 g/mol. The minimum absolute atomic E-state index is 0.00406. The highest BCUT2D eigenvalue weighted by Gasteiger charge is 2.27. The Hall–Kier alpha value is -3.54. The van der Waals surface area contributed by atoms with Crippen LogP contribution in [0.4, 0.5) is 0 Å². The summed E-state index contributed by atoms with van der Waals surface area (Å²) in [7, 11) is 1.62. The fraction of sp³-hybridized carbons (Fsp3) is 0.393. The van der Waals surface area contributed by atoms with Crippen molar-refractivity contribution in [2.45, 2.75) is 51.7 Å². The van der Waals surface area contributed by atoms with E-state index in [-0.39, 0.29) is 5.82 Å². The van der Waals surface area contributed by atoms with E-state index in [9.17, 15) is 10.4 Å². The third-order valence-electron chi connectivity index (χ3n) is 7.19. The average Bonchev–Trinajstić information content (AvgIpc) is 3.28. The van der Waals surface area contributed by atoms with Crippen molar-refractivity contribution in [2.75, 3.05) is 7.11 Å². The van der Waals surface area contributed by atoms with Crippen LogP contribution in [0, 0.1) is 23.2 Å². The van der Waals surface area contributed by atoms with Crippen molar-refractivity contribution in [3.8, 4) is 23.1 Å². The van der Waals surface area contributed by atoms with E-state index >= 15 is 0 Å². The van der Waals surface area contributed by atoms with Crippen molar-refractivity contribution in [2.24, 2.45) is 11.8 Å². The Bertz CT molecular complexity index is 1460. The molecule has 0 radical (unpaired) electrons. The smallest absolute Gasteiger partial charge is 0.234 e. The number of hydrogen-bond acceptors (Lipinski definition) is 7. The van der Waals surface area contributed by atoms with Crippen molar-refractivity contribution in [1.82, 2.24) is 24.5 Å². The normalized spacial score (nSPS) is 18.5. The molecule has 1 aliphatic carbocycles. The number of fused-ring (bicyclic) bond motifs is 1. The molecule has 1 N–H and O–H groups in total. The summed E-state index contributed by atoms with van der Waals surface area (Å²) >= 11 is 6.26. The molecule has 5 rings (SSSR count). The summed E-state index contributed by atoms with van der Waals surface area (Å²) in [4.78, 5) is 18.0. The maximum atomic E-state index is 11.5. The van der Waals surface area contributed by atoms with E-state index in [1.54, 1.807) is 25.6 Å². The zero-order valence-electron chi connectivity index (χ0n) is 20.9. The van der Waals surface area contributed by atoms with Gasteiger partial charge in [-0.3, -0.25) is 4.98 Å². The number of para-hydroxylation sites is 1. The molecule has 1 aliphatic rings. The molecule has 9 heteroatoms. The zero-order chi connectivity index (χ0) is 25.9. The number of aliphatic hydroxyl groups is 1. The summed E-state index contributed by atoms with van der Waals surface area (Å²) < 4.78 is 7.55. The van der Waals surface area contributed by atoms with E-state index in [4.69, 9.17) is 21.3 Å². The molecule has 1 fully saturated rings. The van der Waals surface area contributed by atoms with Crippen LogP contribution in [0.2, 0.25) is 5.02 Å². The van der Waals surface area contributed by atoms with Crippen molar-refractivity contribution in [3.05, 3.63) is 65.0 Å². The number of aromatic nitrogens is 5. The minimum atomic E-state index is -0.913. The Morgan fingerprint density at radius 1 is 1.16 bits per heavy atom. The molecule has 4 aromatic rings. The monoisotopic (exact) mass is 516 g/mol. The third kappa shape index (κ3) is 5.29. The molecule has 8 nitrogen and oxygen atoms in total. The van der Waals surface area contributed by atoms with Gasteiger partial charge in [0.2, 0.25) is 5.82 Å². The molecule has 0 spiro atoms. The summed E-state index contributed by atoms with van der Waals surface area (Å²) in [5.41, 5.74) is 3.13. The van der Waals surface area contributed by atoms with E-state index in [2.05, 4.69) is 21.9 Å². The predicted octanol–water partition coefficient (Wildman–Crippen LogP) is 5.52. The van der Waals surface area contributed by atoms with Crippen LogP contribution in [0.3, 0.4) is 0 Å². The number of ether oxygens (including phenoxy) is 1. The van der Waals surface area contributed by atoms with E-state index in [0.717, 1.165) is 24.3 Å². The zero-order valence-corrected chi connectivity index (χ0v) is 21.7. The molecule has 0 bridgehead atoms. The Balaban J connectivity index is 1.66. The molecule has 37 heavy (non-hydrogen) atoms. The van der Waals surface area contributed by atoms with Gasteiger partial charge in [-0.25, -0.2) is 9.97 Å². The number of imidazole rings is 1. The van der Waals surface area contributed by atoms with Crippen molar-refractivity contribution < 1.29 is 9.84 Å². The summed E-state index contributed by atoms with van der Waals surface area (Å²) in [5, 5.41) is 21.6. The van der Waals surface area contributed by atoms with E-state index in [1.807, 2.05) is 34.9 Å². The van der Waals surface area contributed by atoms with Crippen LogP contribution in [0.15, 0.2) is 42.7 Å². The number of aliphatic hydroxyl groups excluding tert-OH is 1. The maximum absolute atomic E-state index is 11.5. The van der Waals surface area contributed by atoms with Gasteiger partial charge in [-0.15, -0.1) is 0 Å². The summed E-state index contributed by atoms with van der Waals surface area (Å²) in [6.45, 7) is 2.98. The number of pyridine rings is 1. The maximum Gasteiger partial charge on any atom is 0.234 e. The van der Waals surface area contributed by atoms with Gasteiger partial charge in [-0.2, -0.15) is 10.2 Å². The molecule has 0 aliphatic heterocycles. The molecule has 3 aromatic heterocycles. The molecule has 1 atom stereocenters. The first-order valence-corrected chi connectivity index (χ1v) is 12.9. The van der Waals surface area contributed by atoms with Crippen LogP contribution >= 0.6 is 11.6 Å². The molecule has 190 valence electrons. The van der Waals surface area contributed by atoms with Crippen LogP contribution in [0.5, 0.6) is 5.75 Å². The number of benzene rings is 1. The Kier molecular flexibility index (Phi) is 7.36. The summed E-state index contributed by atoms with van der Waals surface area (Å²) in [6.07, 6.45) is 7.19. The summed E-state index contributed by atoms with van der Waals surface area (Å²) in [6, 6.07) is 11.4. The number of halogens is 1. The van der Waals surface area contributed by atoms with Crippen LogP contribution in [-0.2, 0) is 13.0 Å². The first-order chi connectivity index (χ1) is 18.0. The molecule has 0 saturated heterocycles. The molecular formula is C28H29ClN6O2. The lowest BCUT2D eigenvalue weighted by atomic mass is 9.83. The first kappa shape index (κ1) is 25.1. The quantitative estimate of drug-likeness (QED) is 0.344. The van der Waals surface area contributed by atoms with Gasteiger partial charge < -0.3 is 14.4 Å². The van der Waals surface area contributed by atoms with E-state index in [0.29, 0.717) is 57.9 Å². The lowest BCUT2D eigenvalue weighted by molar-refractivity contribution is 0.159. The van der Waals surface area contributed by atoms with Gasteiger partial charge in [0.25, 0.3) is 0 Å². The predicted molar refractivity (Wildman–Crippen MR) is 141 cm³/mol. The molecule has 3 heterocycles. The van der Waals surface area contributed by atoms with Gasteiger partial charge >= 0.3 is 0 Å². The lowest BCUT2D eigenvalue weighted by Gasteiger charge is -2.27. The Labute approximate surface area is 221 Å². The summed E-state index contributed by atoms with van der Waals surface area (Å²) in [5.74, 6) is 2.38. The van der Waals surface area contributed by atoms with E-state index in [1.165, 1.54) is 12.8 Å². The highest BCUT2D eigenvalue weighted by atomic mass is 35.5. The SMILES string of the molecule is COc1ccccc1CC(O)c1nc2nc(C#N)nc(-c3cncc(Cl)c3)c2n1CC1CCC(C)CC1. The fourth-order valence-electron chi connectivity index (χ4n) is 5.23. The number of nitrogens with zero attached hydrogens (tertiary/aromatic N) is 6. The van der Waals surface area contributed by atoms with Crippen LogP contribution in [0.25, 0.3) is 22.4 Å². The second kappa shape index (κ2) is 10.8. The largest absolute Gasteiger partial charge is 0.496 e. The number of rotatable bonds is 7. The fourth-order valence-corrected chi connectivity index (χ4v) is 5.40. The second-order valence-corrected chi connectivity index (χ2v) is 10.2. The van der Waals surface area contributed by atoms with Crippen LogP contribution in [0.1, 0.15) is 55.9 Å². The van der Waals surface area contributed by atoms with Gasteiger partial charge in [-0.1, -0.05) is 49.6 Å². The van der Waals surface area contributed by atoms with Crippen molar-refractivity contribution in [3.63, 3.8) is 0 Å². The van der Waals surface area contributed by atoms with E-state index < -0.39 is 6.10 Å².